The van der Waals surface area contributed by atoms with Crippen molar-refractivity contribution in [2.45, 2.75) is 47.5 Å². The molecule has 0 atom stereocenters. The SMILES string of the molecule is C=C\C=C/C(F)=C(/C(=C/C(/C=C\CC)=C(\C=C)C(C)=O)CC)C(C)C. The van der Waals surface area contributed by atoms with Gasteiger partial charge in [0.15, 0.2) is 5.78 Å². The van der Waals surface area contributed by atoms with Gasteiger partial charge in [0.2, 0.25) is 0 Å². The molecule has 1 nitrogen and oxygen atoms in total. The minimum atomic E-state index is -0.273. The fourth-order valence-electron chi connectivity index (χ4n) is 2.53. The van der Waals surface area contributed by atoms with Crippen LogP contribution in [-0.2, 0) is 4.79 Å². The Morgan fingerprint density at radius 3 is 2.20 bits per heavy atom. The van der Waals surface area contributed by atoms with Crippen LogP contribution in [0.25, 0.3) is 0 Å². The summed E-state index contributed by atoms with van der Waals surface area (Å²) >= 11 is 0. The molecule has 0 aliphatic carbocycles. The van der Waals surface area contributed by atoms with Crippen molar-refractivity contribution in [1.82, 2.24) is 0 Å². The first-order valence-electron chi connectivity index (χ1n) is 8.77. The third kappa shape index (κ3) is 7.47. The van der Waals surface area contributed by atoms with Gasteiger partial charge >= 0.3 is 0 Å². The maximum atomic E-state index is 14.7. The Morgan fingerprint density at radius 1 is 1.16 bits per heavy atom. The van der Waals surface area contributed by atoms with E-state index in [0.29, 0.717) is 17.6 Å². The van der Waals surface area contributed by atoms with Crippen molar-refractivity contribution in [3.63, 3.8) is 0 Å². The smallest absolute Gasteiger partial charge is 0.160 e. The average Bonchev–Trinajstić information content (AvgIpc) is 2.56. The lowest BCUT2D eigenvalue weighted by atomic mass is 9.89. The number of ketones is 1. The van der Waals surface area contributed by atoms with Crippen LogP contribution in [-0.4, -0.2) is 5.78 Å². The van der Waals surface area contributed by atoms with Gasteiger partial charge in [0.25, 0.3) is 0 Å². The zero-order valence-corrected chi connectivity index (χ0v) is 16.2. The predicted octanol–water partition coefficient (Wildman–Crippen LogP) is 6.98. The first kappa shape index (κ1) is 22.8. The zero-order chi connectivity index (χ0) is 19.4. The first-order valence-corrected chi connectivity index (χ1v) is 8.77. The van der Waals surface area contributed by atoms with Crippen LogP contribution in [0.2, 0.25) is 0 Å². The standard InChI is InChI=1S/C23H31FO/c1-8-12-14-20(21(11-4)18(7)25)16-19(10-3)23(17(5)6)22(24)15-13-9-2/h9,11-17H,2,4,8,10H2,1,3,5-7H3/b14-12-,15-13-,19-16+,21-20+,23-22-. The van der Waals surface area contributed by atoms with Crippen LogP contribution in [0, 0.1) is 5.92 Å². The Balaban J connectivity index is 6.53. The van der Waals surface area contributed by atoms with Crippen molar-refractivity contribution < 1.29 is 9.18 Å². The number of halogens is 1. The quantitative estimate of drug-likeness (QED) is 0.309. The number of allylic oxidation sites excluding steroid dienone is 12. The van der Waals surface area contributed by atoms with Crippen molar-refractivity contribution in [3.05, 3.63) is 83.8 Å². The summed E-state index contributed by atoms with van der Waals surface area (Å²) in [4.78, 5) is 11.9. The lowest BCUT2D eigenvalue weighted by molar-refractivity contribution is -0.113. The summed E-state index contributed by atoms with van der Waals surface area (Å²) in [5.41, 5.74) is 2.83. The Labute approximate surface area is 152 Å². The zero-order valence-electron chi connectivity index (χ0n) is 16.2. The molecule has 0 rings (SSSR count). The summed E-state index contributed by atoms with van der Waals surface area (Å²) < 4.78 is 14.7. The Bertz CT molecular complexity index is 637. The van der Waals surface area contributed by atoms with Crippen LogP contribution < -0.4 is 0 Å². The van der Waals surface area contributed by atoms with Crippen LogP contribution >= 0.6 is 0 Å². The minimum Gasteiger partial charge on any atom is -0.294 e. The van der Waals surface area contributed by atoms with Crippen molar-refractivity contribution in [1.29, 1.82) is 0 Å². The van der Waals surface area contributed by atoms with Crippen molar-refractivity contribution in [2.24, 2.45) is 5.92 Å². The molecule has 0 saturated carbocycles. The molecule has 136 valence electrons. The van der Waals surface area contributed by atoms with E-state index in [1.807, 2.05) is 45.9 Å². The first-order chi connectivity index (χ1) is 11.8. The van der Waals surface area contributed by atoms with E-state index in [4.69, 9.17) is 0 Å². The summed E-state index contributed by atoms with van der Waals surface area (Å²) in [5, 5.41) is 0. The molecule has 0 radical (unpaired) electrons. The largest absolute Gasteiger partial charge is 0.294 e. The highest BCUT2D eigenvalue weighted by Gasteiger charge is 2.15. The molecule has 0 heterocycles. The predicted molar refractivity (Wildman–Crippen MR) is 108 cm³/mol. The normalized spacial score (nSPS) is 14.8. The second-order valence-electron chi connectivity index (χ2n) is 5.97. The van der Waals surface area contributed by atoms with Crippen LogP contribution in [0.5, 0.6) is 0 Å². The van der Waals surface area contributed by atoms with Gasteiger partial charge in [-0.3, -0.25) is 4.79 Å². The third-order valence-electron chi connectivity index (χ3n) is 3.70. The van der Waals surface area contributed by atoms with Crippen LogP contribution in [0.1, 0.15) is 47.5 Å². The number of rotatable bonds is 10. The summed E-state index contributed by atoms with van der Waals surface area (Å²) in [6.45, 7) is 16.8. The molecule has 0 bridgehead atoms. The van der Waals surface area contributed by atoms with E-state index in [1.165, 1.54) is 13.0 Å². The lowest BCUT2D eigenvalue weighted by Gasteiger charge is -2.16. The number of hydrogen-bond donors (Lipinski definition) is 0. The Morgan fingerprint density at radius 2 is 1.80 bits per heavy atom. The average molecular weight is 342 g/mol. The summed E-state index contributed by atoms with van der Waals surface area (Å²) in [7, 11) is 0. The summed E-state index contributed by atoms with van der Waals surface area (Å²) in [6.07, 6.45) is 13.4. The fraction of sp³-hybridized carbons (Fsp3) is 0.348. The number of carbonyl (C=O) groups is 1. The molecule has 0 aliphatic heterocycles. The second kappa shape index (κ2) is 12.2. The summed E-state index contributed by atoms with van der Waals surface area (Å²) in [6, 6.07) is 0. The molecule has 0 saturated heterocycles. The van der Waals surface area contributed by atoms with E-state index in [-0.39, 0.29) is 17.5 Å². The van der Waals surface area contributed by atoms with Crippen molar-refractivity contribution in [3.8, 4) is 0 Å². The molecule has 2 heteroatoms. The van der Waals surface area contributed by atoms with Crippen molar-refractivity contribution in [2.75, 3.05) is 0 Å². The number of hydrogen-bond acceptors (Lipinski definition) is 1. The Hall–Kier alpha value is -2.22. The number of Topliss-reactive ketones (excluding diaryl/α,β-unsaturated/α-hetero) is 1. The van der Waals surface area contributed by atoms with E-state index in [9.17, 15) is 9.18 Å². The lowest BCUT2D eigenvalue weighted by Crippen LogP contribution is -2.03. The Kier molecular flexibility index (Phi) is 11.1. The highest BCUT2D eigenvalue weighted by atomic mass is 19.1. The van der Waals surface area contributed by atoms with Gasteiger partial charge < -0.3 is 0 Å². The van der Waals surface area contributed by atoms with Crippen LogP contribution in [0.4, 0.5) is 4.39 Å². The molecule has 0 fully saturated rings. The van der Waals surface area contributed by atoms with E-state index >= 15 is 0 Å². The molecule has 0 spiro atoms. The van der Waals surface area contributed by atoms with E-state index in [1.54, 1.807) is 18.2 Å². The molecule has 0 aliphatic rings. The molecule has 0 aromatic carbocycles. The maximum absolute atomic E-state index is 14.7. The molecule has 0 aromatic rings. The van der Waals surface area contributed by atoms with Gasteiger partial charge in [-0.25, -0.2) is 4.39 Å². The van der Waals surface area contributed by atoms with Gasteiger partial charge in [0.05, 0.1) is 0 Å². The van der Waals surface area contributed by atoms with Crippen molar-refractivity contribution >= 4 is 5.78 Å². The fourth-order valence-corrected chi connectivity index (χ4v) is 2.53. The van der Waals surface area contributed by atoms with Gasteiger partial charge in [-0.05, 0) is 48.5 Å². The molecule has 0 unspecified atom stereocenters. The maximum Gasteiger partial charge on any atom is 0.160 e. The van der Waals surface area contributed by atoms with E-state index < -0.39 is 0 Å². The van der Waals surface area contributed by atoms with Gasteiger partial charge in [-0.15, -0.1) is 0 Å². The van der Waals surface area contributed by atoms with Gasteiger partial charge in [0.1, 0.15) is 5.83 Å². The second-order valence-corrected chi connectivity index (χ2v) is 5.97. The van der Waals surface area contributed by atoms with Gasteiger partial charge in [-0.2, -0.15) is 0 Å². The highest BCUT2D eigenvalue weighted by molar-refractivity contribution is 5.97. The van der Waals surface area contributed by atoms with Crippen LogP contribution in [0.15, 0.2) is 83.8 Å². The molecule has 0 aromatic heterocycles. The van der Waals surface area contributed by atoms with E-state index in [2.05, 4.69) is 13.2 Å². The monoisotopic (exact) mass is 342 g/mol. The summed E-state index contributed by atoms with van der Waals surface area (Å²) in [5.74, 6) is -0.314. The third-order valence-corrected chi connectivity index (χ3v) is 3.70. The highest BCUT2D eigenvalue weighted by Crippen LogP contribution is 2.29. The molecular formula is C23H31FO. The number of carbonyl (C=O) groups excluding carboxylic acids is 1. The molecule has 0 N–H and O–H groups in total. The van der Waals surface area contributed by atoms with Gasteiger partial charge in [0, 0.05) is 5.57 Å². The minimum absolute atomic E-state index is 0.0154. The molecular weight excluding hydrogens is 311 g/mol. The van der Waals surface area contributed by atoms with Gasteiger partial charge in [-0.1, -0.05) is 77.3 Å². The molecule has 25 heavy (non-hydrogen) atoms. The van der Waals surface area contributed by atoms with E-state index in [0.717, 1.165) is 17.6 Å². The molecule has 0 amide bonds. The van der Waals surface area contributed by atoms with Crippen LogP contribution in [0.3, 0.4) is 0 Å². The topological polar surface area (TPSA) is 17.1 Å².